The van der Waals surface area contributed by atoms with Gasteiger partial charge in [-0.25, -0.2) is 19.2 Å². The summed E-state index contributed by atoms with van der Waals surface area (Å²) in [6, 6.07) is 4.65. The highest BCUT2D eigenvalue weighted by Crippen LogP contribution is 2.37. The summed E-state index contributed by atoms with van der Waals surface area (Å²) in [6.45, 7) is 6.17. The molecule has 0 fully saturated rings. The van der Waals surface area contributed by atoms with Crippen molar-refractivity contribution in [2.75, 3.05) is 29.9 Å². The summed E-state index contributed by atoms with van der Waals surface area (Å²) >= 11 is 7.56. The molecule has 3 rings (SSSR count). The van der Waals surface area contributed by atoms with Crippen LogP contribution < -0.4 is 15.4 Å². The maximum absolute atomic E-state index is 15.4. The quantitative estimate of drug-likeness (QED) is 0.338. The van der Waals surface area contributed by atoms with E-state index in [0.29, 0.717) is 34.5 Å². The van der Waals surface area contributed by atoms with Gasteiger partial charge >= 0.3 is 6.09 Å². The van der Waals surface area contributed by atoms with Crippen LogP contribution in [0.25, 0.3) is 22.5 Å². The average Bonchev–Trinajstić information content (AvgIpc) is 3.26. The molecule has 0 bridgehead atoms. The van der Waals surface area contributed by atoms with E-state index in [2.05, 4.69) is 35.2 Å². The van der Waals surface area contributed by atoms with Crippen molar-refractivity contribution in [3.63, 3.8) is 0 Å². The van der Waals surface area contributed by atoms with E-state index in [4.69, 9.17) is 11.6 Å². The Morgan fingerprint density at radius 1 is 1.29 bits per heavy atom. The van der Waals surface area contributed by atoms with Crippen molar-refractivity contribution in [2.45, 2.75) is 32.9 Å². The molecule has 34 heavy (non-hydrogen) atoms. The van der Waals surface area contributed by atoms with Crippen molar-refractivity contribution >= 4 is 41.3 Å². The highest BCUT2D eigenvalue weighted by Gasteiger charge is 2.21. The van der Waals surface area contributed by atoms with Gasteiger partial charge in [-0.15, -0.1) is 0 Å². The molecule has 3 N–H and O–H groups in total. The van der Waals surface area contributed by atoms with Gasteiger partial charge in [0.15, 0.2) is 5.82 Å². The van der Waals surface area contributed by atoms with Gasteiger partial charge in [-0.1, -0.05) is 23.5 Å². The zero-order valence-electron chi connectivity index (χ0n) is 19.5. The van der Waals surface area contributed by atoms with Gasteiger partial charge in [0.1, 0.15) is 5.69 Å². The predicted molar refractivity (Wildman–Crippen MR) is 135 cm³/mol. The zero-order valence-corrected chi connectivity index (χ0v) is 21.1. The first kappa shape index (κ1) is 25.6. The van der Waals surface area contributed by atoms with E-state index in [1.807, 2.05) is 27.0 Å². The molecule has 0 aliphatic carbocycles. The topological polar surface area (TPSA) is 106 Å². The standard InChI is InChI=1S/C22H27ClFN7O2S/c1-12(2)31-11-16(20(29-31)15-8-14(23)9-18(19(15)24)30-34-5)17-6-7-25-21(28-17)26-10-13(3)27-22(32)33-4/h6-9,11-13,30H,10H2,1-5H3,(H,27,32)(H,25,26,28)/t13-/m0/s1. The zero-order chi connectivity index (χ0) is 24.8. The Morgan fingerprint density at radius 3 is 2.74 bits per heavy atom. The molecule has 12 heteroatoms. The van der Waals surface area contributed by atoms with E-state index in [-0.39, 0.29) is 23.3 Å². The van der Waals surface area contributed by atoms with Gasteiger partial charge in [0.05, 0.1) is 18.5 Å². The van der Waals surface area contributed by atoms with Gasteiger partial charge in [0, 0.05) is 53.4 Å². The molecule has 0 saturated heterocycles. The molecule has 2 heterocycles. The van der Waals surface area contributed by atoms with Crippen molar-refractivity contribution in [3.8, 4) is 22.5 Å². The molecule has 0 aliphatic rings. The summed E-state index contributed by atoms with van der Waals surface area (Å²) in [5, 5.41) is 10.8. The minimum atomic E-state index is -0.520. The van der Waals surface area contributed by atoms with Gasteiger partial charge in [-0.3, -0.25) is 4.68 Å². The lowest BCUT2D eigenvalue weighted by molar-refractivity contribution is 0.168. The van der Waals surface area contributed by atoms with Crippen molar-refractivity contribution < 1.29 is 13.9 Å². The van der Waals surface area contributed by atoms with E-state index < -0.39 is 11.9 Å². The normalized spacial score (nSPS) is 11.9. The minimum Gasteiger partial charge on any atom is -0.453 e. The number of alkyl carbamates (subject to hydrolysis) is 1. The summed E-state index contributed by atoms with van der Waals surface area (Å²) < 4.78 is 24.7. The largest absolute Gasteiger partial charge is 0.453 e. The van der Waals surface area contributed by atoms with Crippen LogP contribution in [0, 0.1) is 5.82 Å². The second kappa shape index (κ2) is 11.4. The van der Waals surface area contributed by atoms with Crippen LogP contribution in [0.3, 0.4) is 0 Å². The van der Waals surface area contributed by atoms with E-state index >= 15 is 4.39 Å². The molecule has 2 aromatic heterocycles. The van der Waals surface area contributed by atoms with Crippen LogP contribution in [0.5, 0.6) is 0 Å². The smallest absolute Gasteiger partial charge is 0.407 e. The lowest BCUT2D eigenvalue weighted by Gasteiger charge is -2.14. The Morgan fingerprint density at radius 2 is 2.06 bits per heavy atom. The molecule has 0 spiro atoms. The number of rotatable bonds is 9. The SMILES string of the molecule is COC(=O)N[C@@H](C)CNc1nccc(-c2cn(C(C)C)nc2-c2cc(Cl)cc(NSC)c2F)n1. The lowest BCUT2D eigenvalue weighted by atomic mass is 10.0. The number of amides is 1. The molecule has 1 amide bonds. The molecule has 0 saturated carbocycles. The number of carbonyl (C=O) groups is 1. The van der Waals surface area contributed by atoms with Crippen molar-refractivity contribution in [1.82, 2.24) is 25.1 Å². The first-order valence-electron chi connectivity index (χ1n) is 10.5. The number of benzene rings is 1. The van der Waals surface area contributed by atoms with Gasteiger partial charge in [-0.05, 0) is 39.0 Å². The van der Waals surface area contributed by atoms with Gasteiger partial charge in [0.25, 0.3) is 0 Å². The summed E-state index contributed by atoms with van der Waals surface area (Å²) in [5.74, 6) is -0.0975. The molecule has 0 radical (unpaired) electrons. The first-order valence-corrected chi connectivity index (χ1v) is 12.1. The molecular weight excluding hydrogens is 481 g/mol. The Hall–Kier alpha value is -3.05. The number of nitrogens with one attached hydrogen (secondary N) is 3. The molecule has 182 valence electrons. The molecule has 1 atom stereocenters. The number of methoxy groups -OCH3 is 1. The number of hydrogen-bond donors (Lipinski definition) is 3. The summed E-state index contributed by atoms with van der Waals surface area (Å²) in [7, 11) is 1.31. The number of hydrogen-bond acceptors (Lipinski definition) is 8. The molecule has 0 aliphatic heterocycles. The van der Waals surface area contributed by atoms with Crippen LogP contribution in [0.4, 0.5) is 20.8 Å². The van der Waals surface area contributed by atoms with E-state index in [0.717, 1.165) is 0 Å². The molecule has 1 aromatic carbocycles. The average molecular weight is 508 g/mol. The highest BCUT2D eigenvalue weighted by molar-refractivity contribution is 7.99. The molecule has 9 nitrogen and oxygen atoms in total. The number of anilines is 2. The number of aromatic nitrogens is 4. The fraction of sp³-hybridized carbons (Fsp3) is 0.364. The molecular formula is C22H27ClFN7O2S. The van der Waals surface area contributed by atoms with Crippen molar-refractivity contribution in [1.29, 1.82) is 0 Å². The number of ether oxygens (including phenoxy) is 1. The van der Waals surface area contributed by atoms with Crippen LogP contribution >= 0.6 is 23.5 Å². The third-order valence-corrected chi connectivity index (χ3v) is 5.46. The van der Waals surface area contributed by atoms with E-state index in [1.54, 1.807) is 29.3 Å². The number of carbonyl (C=O) groups excluding carboxylic acids is 1. The minimum absolute atomic E-state index is 0.0446. The summed E-state index contributed by atoms with van der Waals surface area (Å²) in [5.41, 5.74) is 2.16. The maximum atomic E-state index is 15.4. The first-order chi connectivity index (χ1) is 16.2. The molecule has 0 unspecified atom stereocenters. The fourth-order valence-corrected chi connectivity index (χ4v) is 3.72. The fourth-order valence-electron chi connectivity index (χ4n) is 3.14. The van der Waals surface area contributed by atoms with Crippen LogP contribution in [0.2, 0.25) is 5.02 Å². The number of halogens is 2. The predicted octanol–water partition coefficient (Wildman–Crippen LogP) is 5.23. The van der Waals surface area contributed by atoms with Gasteiger partial charge in [0.2, 0.25) is 5.95 Å². The maximum Gasteiger partial charge on any atom is 0.407 e. The summed E-state index contributed by atoms with van der Waals surface area (Å²) in [6.07, 6.45) is 4.72. The Balaban J connectivity index is 1.99. The second-order valence-corrected chi connectivity index (χ2v) is 8.82. The van der Waals surface area contributed by atoms with Gasteiger partial charge in [-0.2, -0.15) is 5.10 Å². The Bertz CT molecular complexity index is 1160. The number of nitrogens with zero attached hydrogens (tertiary/aromatic N) is 4. The van der Waals surface area contributed by atoms with Gasteiger partial charge < -0.3 is 20.1 Å². The van der Waals surface area contributed by atoms with Crippen LogP contribution in [0.1, 0.15) is 26.8 Å². The monoisotopic (exact) mass is 507 g/mol. The van der Waals surface area contributed by atoms with E-state index in [9.17, 15) is 4.79 Å². The van der Waals surface area contributed by atoms with Crippen LogP contribution in [-0.4, -0.2) is 51.8 Å². The second-order valence-electron chi connectivity index (χ2n) is 7.77. The Labute approximate surface area is 207 Å². The van der Waals surface area contributed by atoms with Crippen LogP contribution in [-0.2, 0) is 4.74 Å². The van der Waals surface area contributed by atoms with Crippen molar-refractivity contribution in [3.05, 3.63) is 41.4 Å². The molecule has 3 aromatic rings. The van der Waals surface area contributed by atoms with E-state index in [1.165, 1.54) is 25.1 Å². The lowest BCUT2D eigenvalue weighted by Crippen LogP contribution is -2.37. The summed E-state index contributed by atoms with van der Waals surface area (Å²) in [4.78, 5) is 20.2. The third kappa shape index (κ3) is 6.09. The van der Waals surface area contributed by atoms with Crippen molar-refractivity contribution in [2.24, 2.45) is 0 Å². The highest BCUT2D eigenvalue weighted by atomic mass is 35.5. The Kier molecular flexibility index (Phi) is 8.56. The van der Waals surface area contributed by atoms with Crippen LogP contribution in [0.15, 0.2) is 30.6 Å². The third-order valence-electron chi connectivity index (χ3n) is 4.81.